The molecule has 0 bridgehead atoms. The Hall–Kier alpha value is -2.16. The Morgan fingerprint density at radius 2 is 2.21 bits per heavy atom. The van der Waals surface area contributed by atoms with Crippen LogP contribution in [0.25, 0.3) is 0 Å². The van der Waals surface area contributed by atoms with E-state index in [1.165, 1.54) is 11.3 Å². The van der Waals surface area contributed by atoms with Crippen molar-refractivity contribution in [1.29, 1.82) is 0 Å². The number of nitrogens with two attached hydrogens (primary N) is 1. The molecule has 0 aliphatic carbocycles. The predicted octanol–water partition coefficient (Wildman–Crippen LogP) is -0.214. The number of nitrogens with zero attached hydrogens (tertiary/aromatic N) is 2. The monoisotopic (exact) mass is 286 g/mol. The van der Waals surface area contributed by atoms with Crippen molar-refractivity contribution in [2.24, 2.45) is 5.73 Å². The van der Waals surface area contributed by atoms with Crippen molar-refractivity contribution >= 4 is 29.2 Å². The van der Waals surface area contributed by atoms with Gasteiger partial charge in [0.2, 0.25) is 5.91 Å². The Morgan fingerprint density at radius 3 is 2.68 bits per heavy atom. The Morgan fingerprint density at radius 1 is 1.53 bits per heavy atom. The van der Waals surface area contributed by atoms with E-state index in [9.17, 15) is 14.4 Å². The van der Waals surface area contributed by atoms with Crippen LogP contribution in [0.5, 0.6) is 0 Å². The standard InChI is InChI=1S/C10H14N4O4S/c1-6(9-12-2-3-19-9)13-10(18)14(4-7(11)15)5-8(16)17/h2-3,6H,4-5H2,1H3,(H2,11,15)(H,13,18)(H,16,17). The molecule has 1 rings (SSSR count). The molecule has 9 heteroatoms. The molecule has 1 unspecified atom stereocenters. The lowest BCUT2D eigenvalue weighted by atomic mass is 10.3. The van der Waals surface area contributed by atoms with Gasteiger partial charge >= 0.3 is 12.0 Å². The van der Waals surface area contributed by atoms with Crippen LogP contribution in [-0.2, 0) is 9.59 Å². The summed E-state index contributed by atoms with van der Waals surface area (Å²) in [6.45, 7) is 0.655. The van der Waals surface area contributed by atoms with Gasteiger partial charge in [-0.25, -0.2) is 9.78 Å². The van der Waals surface area contributed by atoms with Crippen LogP contribution in [0.1, 0.15) is 18.0 Å². The molecule has 0 radical (unpaired) electrons. The highest BCUT2D eigenvalue weighted by molar-refractivity contribution is 7.09. The SMILES string of the molecule is CC(NC(=O)N(CC(N)=O)CC(=O)O)c1nccs1. The predicted molar refractivity (Wildman–Crippen MR) is 67.5 cm³/mol. The molecule has 104 valence electrons. The van der Waals surface area contributed by atoms with Crippen molar-refractivity contribution in [3.05, 3.63) is 16.6 Å². The molecule has 0 saturated carbocycles. The molecule has 1 aromatic heterocycles. The number of aromatic nitrogens is 1. The molecule has 1 heterocycles. The number of carbonyl (C=O) groups excluding carboxylic acids is 2. The molecule has 19 heavy (non-hydrogen) atoms. The molecule has 1 atom stereocenters. The molecule has 0 aliphatic heterocycles. The first kappa shape index (κ1) is 14.9. The quantitative estimate of drug-likeness (QED) is 0.667. The fourth-order valence-corrected chi connectivity index (χ4v) is 1.98. The first-order valence-electron chi connectivity index (χ1n) is 5.35. The zero-order chi connectivity index (χ0) is 14.4. The molecule has 0 fully saturated rings. The number of aliphatic carboxylic acids is 1. The van der Waals surface area contributed by atoms with Crippen LogP contribution < -0.4 is 11.1 Å². The van der Waals surface area contributed by atoms with Crippen molar-refractivity contribution < 1.29 is 19.5 Å². The highest BCUT2D eigenvalue weighted by atomic mass is 32.1. The van der Waals surface area contributed by atoms with E-state index in [1.54, 1.807) is 18.5 Å². The molecule has 4 N–H and O–H groups in total. The van der Waals surface area contributed by atoms with Crippen LogP contribution in [0.15, 0.2) is 11.6 Å². The molecule has 3 amide bonds. The third-order valence-electron chi connectivity index (χ3n) is 2.12. The third-order valence-corrected chi connectivity index (χ3v) is 3.08. The fourth-order valence-electron chi connectivity index (χ4n) is 1.34. The van der Waals surface area contributed by atoms with E-state index in [-0.39, 0.29) is 6.04 Å². The van der Waals surface area contributed by atoms with Crippen LogP contribution in [0.4, 0.5) is 4.79 Å². The molecule has 0 aromatic carbocycles. The average Bonchev–Trinajstić information content (AvgIpc) is 2.79. The zero-order valence-electron chi connectivity index (χ0n) is 10.2. The lowest BCUT2D eigenvalue weighted by Crippen LogP contribution is -2.47. The molecular weight excluding hydrogens is 272 g/mol. The number of hydrogen-bond donors (Lipinski definition) is 3. The number of hydrogen-bond acceptors (Lipinski definition) is 5. The van der Waals surface area contributed by atoms with E-state index in [1.807, 2.05) is 0 Å². The number of thiazole rings is 1. The van der Waals surface area contributed by atoms with Crippen LogP contribution >= 0.6 is 11.3 Å². The van der Waals surface area contributed by atoms with Gasteiger partial charge in [0.15, 0.2) is 0 Å². The molecule has 0 saturated heterocycles. The minimum atomic E-state index is -1.22. The summed E-state index contributed by atoms with van der Waals surface area (Å²) in [6, 6.07) is -1.06. The summed E-state index contributed by atoms with van der Waals surface area (Å²) < 4.78 is 0. The molecule has 0 spiro atoms. The summed E-state index contributed by atoms with van der Waals surface area (Å²) in [5, 5.41) is 13.7. The second-order valence-corrected chi connectivity index (χ2v) is 4.68. The normalized spacial score (nSPS) is 11.6. The van der Waals surface area contributed by atoms with Gasteiger partial charge in [0, 0.05) is 11.6 Å². The minimum absolute atomic E-state index is 0.378. The van der Waals surface area contributed by atoms with E-state index in [0.29, 0.717) is 5.01 Å². The summed E-state index contributed by atoms with van der Waals surface area (Å²) in [5.74, 6) is -2.00. The van der Waals surface area contributed by atoms with Gasteiger partial charge < -0.3 is 21.1 Å². The minimum Gasteiger partial charge on any atom is -0.480 e. The second-order valence-electron chi connectivity index (χ2n) is 3.76. The summed E-state index contributed by atoms with van der Waals surface area (Å²) in [5.41, 5.74) is 4.97. The Kier molecular flexibility index (Phi) is 5.24. The topological polar surface area (TPSA) is 126 Å². The molecule has 0 aliphatic rings. The average molecular weight is 286 g/mol. The Bertz CT molecular complexity index is 446. The summed E-state index contributed by atoms with van der Waals surface area (Å²) in [7, 11) is 0. The lowest BCUT2D eigenvalue weighted by Gasteiger charge is -2.21. The molecular formula is C10H14N4O4S. The van der Waals surface area contributed by atoms with Crippen LogP contribution in [0, 0.1) is 0 Å². The van der Waals surface area contributed by atoms with Crippen LogP contribution in [0.2, 0.25) is 0 Å². The number of rotatable bonds is 6. The zero-order valence-corrected chi connectivity index (χ0v) is 11.0. The van der Waals surface area contributed by atoms with Gasteiger partial charge in [-0.2, -0.15) is 0 Å². The maximum absolute atomic E-state index is 11.8. The van der Waals surface area contributed by atoms with E-state index in [4.69, 9.17) is 10.8 Å². The number of amides is 3. The van der Waals surface area contributed by atoms with Gasteiger partial charge in [0.05, 0.1) is 6.04 Å². The first-order valence-corrected chi connectivity index (χ1v) is 6.23. The van der Waals surface area contributed by atoms with E-state index >= 15 is 0 Å². The van der Waals surface area contributed by atoms with Crippen LogP contribution in [-0.4, -0.2) is 46.0 Å². The van der Waals surface area contributed by atoms with Crippen LogP contribution in [0.3, 0.4) is 0 Å². The van der Waals surface area contributed by atoms with Gasteiger partial charge in [-0.15, -0.1) is 11.3 Å². The highest BCUT2D eigenvalue weighted by Crippen LogP contribution is 2.14. The van der Waals surface area contributed by atoms with E-state index in [2.05, 4.69) is 10.3 Å². The van der Waals surface area contributed by atoms with Crippen molar-refractivity contribution in [2.45, 2.75) is 13.0 Å². The fraction of sp³-hybridized carbons (Fsp3) is 0.400. The van der Waals surface area contributed by atoms with Gasteiger partial charge in [-0.1, -0.05) is 0 Å². The number of carboxylic acid groups (broad SMARTS) is 1. The van der Waals surface area contributed by atoms with Crippen molar-refractivity contribution in [3.63, 3.8) is 0 Å². The number of primary amides is 1. The Labute approximate surface area is 113 Å². The molecule has 1 aromatic rings. The lowest BCUT2D eigenvalue weighted by molar-refractivity contribution is -0.137. The summed E-state index contributed by atoms with van der Waals surface area (Å²) in [4.78, 5) is 38.1. The number of urea groups is 1. The number of carbonyl (C=O) groups is 3. The summed E-state index contributed by atoms with van der Waals surface area (Å²) in [6.07, 6.45) is 1.60. The van der Waals surface area contributed by atoms with Gasteiger partial charge in [-0.3, -0.25) is 9.59 Å². The number of carboxylic acids is 1. The largest absolute Gasteiger partial charge is 0.480 e. The maximum atomic E-state index is 11.8. The van der Waals surface area contributed by atoms with Crippen molar-refractivity contribution in [2.75, 3.05) is 13.1 Å². The van der Waals surface area contributed by atoms with Crippen molar-refractivity contribution in [1.82, 2.24) is 15.2 Å². The first-order chi connectivity index (χ1) is 8.90. The van der Waals surface area contributed by atoms with Gasteiger partial charge in [0.1, 0.15) is 18.1 Å². The van der Waals surface area contributed by atoms with E-state index < -0.39 is 31.0 Å². The highest BCUT2D eigenvalue weighted by Gasteiger charge is 2.21. The Balaban J connectivity index is 2.65. The maximum Gasteiger partial charge on any atom is 0.323 e. The number of nitrogens with one attached hydrogen (secondary N) is 1. The summed E-state index contributed by atoms with van der Waals surface area (Å²) >= 11 is 1.36. The third kappa shape index (κ3) is 4.92. The van der Waals surface area contributed by atoms with Gasteiger partial charge in [0.25, 0.3) is 0 Å². The second kappa shape index (κ2) is 6.69. The van der Waals surface area contributed by atoms with Crippen molar-refractivity contribution in [3.8, 4) is 0 Å². The molecule has 8 nitrogen and oxygen atoms in total. The van der Waals surface area contributed by atoms with Gasteiger partial charge in [-0.05, 0) is 6.92 Å². The van der Waals surface area contributed by atoms with E-state index in [0.717, 1.165) is 4.90 Å². The smallest absolute Gasteiger partial charge is 0.323 e.